The first-order valence-corrected chi connectivity index (χ1v) is 9.48. The third kappa shape index (κ3) is 3.84. The van der Waals surface area contributed by atoms with E-state index in [2.05, 4.69) is 20.2 Å². The average Bonchev–Trinajstić information content (AvgIpc) is 2.91. The van der Waals surface area contributed by atoms with E-state index < -0.39 is 0 Å². The second kappa shape index (κ2) is 7.46. The van der Waals surface area contributed by atoms with E-state index in [1.54, 1.807) is 18.3 Å². The minimum absolute atomic E-state index is 0.0435. The fraction of sp³-hybridized carbons (Fsp3) is 0.526. The van der Waals surface area contributed by atoms with Crippen molar-refractivity contribution in [2.75, 3.05) is 19.6 Å². The summed E-state index contributed by atoms with van der Waals surface area (Å²) in [5.41, 5.74) is 0.469. The number of carbonyl (C=O) groups is 2. The molecule has 0 aromatic carbocycles. The normalized spacial score (nSPS) is 22.0. The van der Waals surface area contributed by atoms with Crippen LogP contribution in [0.3, 0.4) is 0 Å². The fourth-order valence-corrected chi connectivity index (χ4v) is 4.07. The van der Waals surface area contributed by atoms with Crippen molar-refractivity contribution in [3.05, 3.63) is 41.7 Å². The third-order valence-electron chi connectivity index (χ3n) is 5.41. The quantitative estimate of drug-likeness (QED) is 0.875. The molecule has 0 saturated carbocycles. The van der Waals surface area contributed by atoms with Crippen LogP contribution < -0.4 is 0 Å². The van der Waals surface area contributed by atoms with Crippen LogP contribution in [0.5, 0.6) is 0 Å². The van der Waals surface area contributed by atoms with Crippen molar-refractivity contribution in [3.63, 3.8) is 0 Å². The summed E-state index contributed by atoms with van der Waals surface area (Å²) < 4.78 is 0. The SMILES string of the molecule is Cc1nc(CCC(=O)N2C[C@H]3CC[C@@H]2CN(C(=O)c2ccccn2)C3)n[nH]1. The van der Waals surface area contributed by atoms with Gasteiger partial charge in [-0.3, -0.25) is 19.7 Å². The number of nitrogens with one attached hydrogen (secondary N) is 1. The largest absolute Gasteiger partial charge is 0.338 e. The lowest BCUT2D eigenvalue weighted by molar-refractivity contribution is -0.135. The number of aryl methyl sites for hydroxylation is 2. The monoisotopic (exact) mass is 368 g/mol. The molecule has 0 unspecified atom stereocenters. The highest BCUT2D eigenvalue weighted by molar-refractivity contribution is 5.92. The van der Waals surface area contributed by atoms with Crippen LogP contribution in [0.4, 0.5) is 0 Å². The molecule has 3 aliphatic heterocycles. The number of amides is 2. The van der Waals surface area contributed by atoms with Gasteiger partial charge in [0.25, 0.3) is 5.91 Å². The van der Waals surface area contributed by atoms with Crippen LogP contribution in [0.1, 0.15) is 41.4 Å². The van der Waals surface area contributed by atoms with Gasteiger partial charge in [0.2, 0.25) is 5.91 Å². The number of rotatable bonds is 4. The van der Waals surface area contributed by atoms with E-state index >= 15 is 0 Å². The first-order valence-electron chi connectivity index (χ1n) is 9.48. The molecule has 2 amide bonds. The van der Waals surface area contributed by atoms with Crippen LogP contribution in [0.25, 0.3) is 0 Å². The zero-order valence-electron chi connectivity index (χ0n) is 15.5. The molecule has 0 aliphatic carbocycles. The molecular formula is C19H24N6O2. The van der Waals surface area contributed by atoms with Crippen molar-refractivity contribution in [3.8, 4) is 0 Å². The number of pyridine rings is 1. The van der Waals surface area contributed by atoms with Gasteiger partial charge in [-0.15, -0.1) is 0 Å². The van der Waals surface area contributed by atoms with Crippen molar-refractivity contribution in [2.24, 2.45) is 5.92 Å². The molecule has 0 spiro atoms. The number of piperidine rings is 1. The molecule has 142 valence electrons. The number of H-pyrrole nitrogens is 1. The van der Waals surface area contributed by atoms with Crippen LogP contribution >= 0.6 is 0 Å². The molecule has 27 heavy (non-hydrogen) atoms. The predicted molar refractivity (Wildman–Crippen MR) is 97.8 cm³/mol. The van der Waals surface area contributed by atoms with E-state index in [0.29, 0.717) is 43.4 Å². The number of fused-ring (bicyclic) bond motifs is 4. The second-order valence-electron chi connectivity index (χ2n) is 7.41. The summed E-state index contributed by atoms with van der Waals surface area (Å²) in [4.78, 5) is 37.9. The molecule has 2 bridgehead atoms. The van der Waals surface area contributed by atoms with Gasteiger partial charge in [0.15, 0.2) is 5.82 Å². The minimum atomic E-state index is -0.0435. The van der Waals surface area contributed by atoms with Gasteiger partial charge in [-0.25, -0.2) is 4.98 Å². The van der Waals surface area contributed by atoms with Gasteiger partial charge in [0, 0.05) is 44.7 Å². The van der Waals surface area contributed by atoms with Crippen molar-refractivity contribution in [1.29, 1.82) is 0 Å². The van der Waals surface area contributed by atoms with Crippen LogP contribution in [0, 0.1) is 12.8 Å². The van der Waals surface area contributed by atoms with Gasteiger partial charge in [0.1, 0.15) is 11.5 Å². The molecule has 8 nitrogen and oxygen atoms in total. The smallest absolute Gasteiger partial charge is 0.272 e. The van der Waals surface area contributed by atoms with Gasteiger partial charge in [-0.1, -0.05) is 6.07 Å². The van der Waals surface area contributed by atoms with Crippen LogP contribution in [-0.2, 0) is 11.2 Å². The Morgan fingerprint density at radius 1 is 1.22 bits per heavy atom. The molecule has 2 aromatic rings. The molecule has 5 heterocycles. The zero-order valence-corrected chi connectivity index (χ0v) is 15.5. The molecule has 3 fully saturated rings. The maximum atomic E-state index is 12.8. The van der Waals surface area contributed by atoms with Gasteiger partial charge in [-0.2, -0.15) is 5.10 Å². The molecule has 8 heteroatoms. The number of aromatic amines is 1. The highest BCUT2D eigenvalue weighted by Gasteiger charge is 2.38. The topological polar surface area (TPSA) is 95.1 Å². The Bertz CT molecular complexity index is 821. The summed E-state index contributed by atoms with van der Waals surface area (Å²) in [5, 5.41) is 6.91. The van der Waals surface area contributed by atoms with Gasteiger partial charge < -0.3 is 9.80 Å². The van der Waals surface area contributed by atoms with Gasteiger partial charge in [-0.05, 0) is 37.8 Å². The Morgan fingerprint density at radius 2 is 2.11 bits per heavy atom. The fourth-order valence-electron chi connectivity index (χ4n) is 4.07. The number of aromatic nitrogens is 4. The summed E-state index contributed by atoms with van der Waals surface area (Å²) in [7, 11) is 0. The van der Waals surface area contributed by atoms with Crippen molar-refractivity contribution >= 4 is 11.8 Å². The summed E-state index contributed by atoms with van der Waals surface area (Å²) in [6, 6.07) is 5.46. The molecule has 5 rings (SSSR count). The van der Waals surface area contributed by atoms with Gasteiger partial charge in [0.05, 0.1) is 0 Å². The number of hydrogen-bond donors (Lipinski definition) is 1. The lowest BCUT2D eigenvalue weighted by Gasteiger charge is -2.36. The molecule has 0 radical (unpaired) electrons. The van der Waals surface area contributed by atoms with Crippen molar-refractivity contribution in [1.82, 2.24) is 30.0 Å². The summed E-state index contributed by atoms with van der Waals surface area (Å²) >= 11 is 0. The van der Waals surface area contributed by atoms with Crippen molar-refractivity contribution in [2.45, 2.75) is 38.6 Å². The average molecular weight is 368 g/mol. The van der Waals surface area contributed by atoms with Gasteiger partial charge >= 0.3 is 0 Å². The Labute approximate surface area is 158 Å². The van der Waals surface area contributed by atoms with Crippen LogP contribution in [0.2, 0.25) is 0 Å². The number of hydrogen-bond acceptors (Lipinski definition) is 5. The van der Waals surface area contributed by atoms with E-state index in [0.717, 1.165) is 25.2 Å². The Morgan fingerprint density at radius 3 is 2.85 bits per heavy atom. The standard InChI is InChI=1S/C19H24N6O2/c1-13-21-17(23-22-13)7-8-18(26)25-11-14-5-6-15(25)12-24(10-14)19(27)16-4-2-3-9-20-16/h2-4,9,14-15H,5-8,10-12H2,1H3,(H,21,22,23)/t14-,15+/m0/s1. The van der Waals surface area contributed by atoms with E-state index in [4.69, 9.17) is 0 Å². The summed E-state index contributed by atoms with van der Waals surface area (Å²) in [5.74, 6) is 1.84. The molecule has 3 saturated heterocycles. The molecule has 2 atom stereocenters. The molecular weight excluding hydrogens is 344 g/mol. The first-order chi connectivity index (χ1) is 13.1. The maximum absolute atomic E-state index is 12.8. The lowest BCUT2D eigenvalue weighted by Crippen LogP contribution is -2.47. The first kappa shape index (κ1) is 17.6. The van der Waals surface area contributed by atoms with Crippen LogP contribution in [0.15, 0.2) is 24.4 Å². The highest BCUT2D eigenvalue weighted by Crippen LogP contribution is 2.29. The minimum Gasteiger partial charge on any atom is -0.338 e. The van der Waals surface area contributed by atoms with E-state index in [1.807, 2.05) is 22.8 Å². The van der Waals surface area contributed by atoms with Crippen LogP contribution in [-0.4, -0.2) is 67.5 Å². The zero-order chi connectivity index (χ0) is 18.8. The predicted octanol–water partition coefficient (Wildman–Crippen LogP) is 1.20. The third-order valence-corrected chi connectivity index (χ3v) is 5.41. The summed E-state index contributed by atoms with van der Waals surface area (Å²) in [6.07, 6.45) is 4.57. The highest BCUT2D eigenvalue weighted by atomic mass is 16.2. The molecule has 1 N–H and O–H groups in total. The van der Waals surface area contributed by atoms with E-state index in [9.17, 15) is 9.59 Å². The number of carbonyl (C=O) groups excluding carboxylic acids is 2. The molecule has 2 aromatic heterocycles. The maximum Gasteiger partial charge on any atom is 0.272 e. The van der Waals surface area contributed by atoms with E-state index in [1.165, 1.54) is 0 Å². The lowest BCUT2D eigenvalue weighted by atomic mass is 9.94. The Hall–Kier alpha value is -2.77. The number of nitrogens with zero attached hydrogens (tertiary/aromatic N) is 5. The Kier molecular flexibility index (Phi) is 4.87. The molecule has 3 aliphatic rings. The summed E-state index contributed by atoms with van der Waals surface area (Å²) in [6.45, 7) is 3.84. The second-order valence-corrected chi connectivity index (χ2v) is 7.41. The van der Waals surface area contributed by atoms with E-state index in [-0.39, 0.29) is 17.9 Å². The Balaban J connectivity index is 1.42. The van der Waals surface area contributed by atoms with Crippen molar-refractivity contribution < 1.29 is 9.59 Å².